The van der Waals surface area contributed by atoms with Crippen LogP contribution < -0.4 is 10.7 Å². The van der Waals surface area contributed by atoms with Crippen molar-refractivity contribution in [2.24, 2.45) is 0 Å². The van der Waals surface area contributed by atoms with Crippen molar-refractivity contribution in [2.75, 3.05) is 0 Å². The van der Waals surface area contributed by atoms with E-state index in [9.17, 15) is 9.59 Å². The molecule has 4 nitrogen and oxygen atoms in total. The van der Waals surface area contributed by atoms with Gasteiger partial charge >= 0.3 is 0 Å². The van der Waals surface area contributed by atoms with E-state index in [0.29, 0.717) is 15.9 Å². The molecule has 1 heterocycles. The van der Waals surface area contributed by atoms with Gasteiger partial charge < -0.3 is 10.3 Å². The summed E-state index contributed by atoms with van der Waals surface area (Å²) in [6.07, 6.45) is 6.96. The van der Waals surface area contributed by atoms with E-state index in [-0.39, 0.29) is 22.9 Å². The van der Waals surface area contributed by atoms with Gasteiger partial charge in [0, 0.05) is 22.6 Å². The van der Waals surface area contributed by atoms with Crippen LogP contribution in [0.2, 0.25) is 5.02 Å². The van der Waals surface area contributed by atoms with Crippen LogP contribution in [0.5, 0.6) is 0 Å². The van der Waals surface area contributed by atoms with Gasteiger partial charge in [0.05, 0.1) is 5.52 Å². The van der Waals surface area contributed by atoms with Crippen molar-refractivity contribution in [3.05, 3.63) is 45.2 Å². The Morgan fingerprint density at radius 1 is 1.24 bits per heavy atom. The molecule has 1 aromatic heterocycles. The van der Waals surface area contributed by atoms with Gasteiger partial charge in [-0.3, -0.25) is 9.59 Å². The van der Waals surface area contributed by atoms with Crippen molar-refractivity contribution >= 4 is 28.4 Å². The Morgan fingerprint density at radius 2 is 2.00 bits per heavy atom. The molecule has 1 fully saturated rings. The molecule has 1 aromatic carbocycles. The van der Waals surface area contributed by atoms with E-state index in [2.05, 4.69) is 10.3 Å². The number of carbonyl (C=O) groups is 1. The average molecular weight is 305 g/mol. The highest BCUT2D eigenvalue weighted by Gasteiger charge is 2.19. The largest absolute Gasteiger partial charge is 0.360 e. The first-order valence-corrected chi connectivity index (χ1v) is 7.65. The van der Waals surface area contributed by atoms with Crippen LogP contribution in [0.4, 0.5) is 0 Å². The number of H-pyrrole nitrogens is 1. The fraction of sp³-hybridized carbons (Fsp3) is 0.375. The number of aromatic nitrogens is 1. The van der Waals surface area contributed by atoms with E-state index in [1.165, 1.54) is 12.6 Å². The van der Waals surface area contributed by atoms with E-state index < -0.39 is 0 Å². The van der Waals surface area contributed by atoms with Crippen LogP contribution in [0.1, 0.15) is 42.5 Å². The zero-order valence-corrected chi connectivity index (χ0v) is 12.4. The predicted octanol–water partition coefficient (Wildman–Crippen LogP) is 3.24. The summed E-state index contributed by atoms with van der Waals surface area (Å²) in [7, 11) is 0. The first-order chi connectivity index (χ1) is 10.1. The molecule has 0 radical (unpaired) electrons. The second kappa shape index (κ2) is 5.90. The molecule has 1 aliphatic carbocycles. The zero-order chi connectivity index (χ0) is 14.8. The van der Waals surface area contributed by atoms with Gasteiger partial charge in [0.25, 0.3) is 5.91 Å². The number of aromatic amines is 1. The number of fused-ring (bicyclic) bond motifs is 1. The third-order valence-corrected chi connectivity index (χ3v) is 4.26. The van der Waals surface area contributed by atoms with Crippen LogP contribution in [-0.2, 0) is 0 Å². The summed E-state index contributed by atoms with van der Waals surface area (Å²) in [6.45, 7) is 0. The highest BCUT2D eigenvalue weighted by atomic mass is 35.5. The molecule has 1 saturated carbocycles. The van der Waals surface area contributed by atoms with Crippen molar-refractivity contribution in [1.29, 1.82) is 0 Å². The SMILES string of the molecule is O=C(NC1CCCCC1)c1c[nH]c2cc(Cl)ccc2c1=O. The minimum absolute atomic E-state index is 0.162. The summed E-state index contributed by atoms with van der Waals surface area (Å²) in [4.78, 5) is 27.7. The molecule has 0 saturated heterocycles. The van der Waals surface area contributed by atoms with E-state index in [1.54, 1.807) is 18.2 Å². The van der Waals surface area contributed by atoms with Crippen LogP contribution in [0, 0.1) is 0 Å². The number of amides is 1. The lowest BCUT2D eigenvalue weighted by molar-refractivity contribution is 0.0926. The Balaban J connectivity index is 1.89. The molecule has 110 valence electrons. The van der Waals surface area contributed by atoms with Crippen molar-refractivity contribution in [2.45, 2.75) is 38.1 Å². The lowest BCUT2D eigenvalue weighted by Gasteiger charge is -2.22. The van der Waals surface area contributed by atoms with Gasteiger partial charge in [-0.15, -0.1) is 0 Å². The summed E-state index contributed by atoms with van der Waals surface area (Å²) >= 11 is 5.90. The fourth-order valence-electron chi connectivity index (χ4n) is 2.87. The van der Waals surface area contributed by atoms with Crippen molar-refractivity contribution in [3.63, 3.8) is 0 Å². The Morgan fingerprint density at radius 3 is 2.76 bits per heavy atom. The van der Waals surface area contributed by atoms with E-state index >= 15 is 0 Å². The predicted molar refractivity (Wildman–Crippen MR) is 83.9 cm³/mol. The molecule has 0 unspecified atom stereocenters. The summed E-state index contributed by atoms with van der Waals surface area (Å²) < 4.78 is 0. The maximum Gasteiger partial charge on any atom is 0.256 e. The lowest BCUT2D eigenvalue weighted by atomic mass is 9.95. The number of carbonyl (C=O) groups excluding carboxylic acids is 1. The Hall–Kier alpha value is -1.81. The highest BCUT2D eigenvalue weighted by molar-refractivity contribution is 6.31. The Kier molecular flexibility index (Phi) is 3.97. The van der Waals surface area contributed by atoms with Crippen LogP contribution in [-0.4, -0.2) is 16.9 Å². The molecular formula is C16H17ClN2O2. The number of benzene rings is 1. The summed E-state index contributed by atoms with van der Waals surface area (Å²) in [5.41, 5.74) is 0.547. The van der Waals surface area contributed by atoms with Gasteiger partial charge in [-0.05, 0) is 31.0 Å². The Labute approximate surface area is 127 Å². The quantitative estimate of drug-likeness (QED) is 0.894. The molecule has 3 rings (SSSR count). The first-order valence-electron chi connectivity index (χ1n) is 7.27. The van der Waals surface area contributed by atoms with Crippen LogP contribution in [0.15, 0.2) is 29.2 Å². The highest BCUT2D eigenvalue weighted by Crippen LogP contribution is 2.18. The standard InChI is InChI=1S/C16H17ClN2O2/c17-10-6-7-12-14(8-10)18-9-13(15(12)20)16(21)19-11-4-2-1-3-5-11/h6-9,11H,1-5H2,(H,18,20)(H,19,21). The maximum atomic E-state index is 12.4. The third kappa shape index (κ3) is 2.95. The summed E-state index contributed by atoms with van der Waals surface area (Å²) in [6, 6.07) is 5.17. The molecular weight excluding hydrogens is 288 g/mol. The lowest BCUT2D eigenvalue weighted by Crippen LogP contribution is -2.38. The van der Waals surface area contributed by atoms with Gasteiger partial charge in [0.1, 0.15) is 5.56 Å². The minimum Gasteiger partial charge on any atom is -0.360 e. The van der Waals surface area contributed by atoms with Crippen LogP contribution in [0.25, 0.3) is 10.9 Å². The third-order valence-electron chi connectivity index (χ3n) is 4.03. The minimum atomic E-state index is -0.292. The molecule has 21 heavy (non-hydrogen) atoms. The molecule has 1 amide bonds. The molecule has 2 aromatic rings. The van der Waals surface area contributed by atoms with E-state index in [4.69, 9.17) is 11.6 Å². The van der Waals surface area contributed by atoms with Crippen LogP contribution in [0.3, 0.4) is 0 Å². The zero-order valence-electron chi connectivity index (χ0n) is 11.6. The molecule has 0 aliphatic heterocycles. The fourth-order valence-corrected chi connectivity index (χ4v) is 3.05. The first kappa shape index (κ1) is 14.1. The number of pyridine rings is 1. The van der Waals surface area contributed by atoms with E-state index in [0.717, 1.165) is 25.7 Å². The number of hydrogen-bond donors (Lipinski definition) is 2. The van der Waals surface area contributed by atoms with Gasteiger partial charge in [-0.2, -0.15) is 0 Å². The second-order valence-electron chi connectivity index (χ2n) is 5.53. The number of rotatable bonds is 2. The maximum absolute atomic E-state index is 12.4. The van der Waals surface area contributed by atoms with Gasteiger partial charge in [-0.25, -0.2) is 0 Å². The Bertz CT molecular complexity index is 733. The monoisotopic (exact) mass is 304 g/mol. The smallest absolute Gasteiger partial charge is 0.256 e. The number of hydrogen-bond acceptors (Lipinski definition) is 2. The molecule has 1 aliphatic rings. The van der Waals surface area contributed by atoms with Crippen molar-refractivity contribution in [3.8, 4) is 0 Å². The molecule has 5 heteroatoms. The second-order valence-corrected chi connectivity index (χ2v) is 5.97. The molecule has 0 atom stereocenters. The van der Waals surface area contributed by atoms with Crippen molar-refractivity contribution in [1.82, 2.24) is 10.3 Å². The normalized spacial score (nSPS) is 16.0. The van der Waals surface area contributed by atoms with Crippen molar-refractivity contribution < 1.29 is 4.79 Å². The average Bonchev–Trinajstić information content (AvgIpc) is 2.48. The van der Waals surface area contributed by atoms with Gasteiger partial charge in [0.2, 0.25) is 5.43 Å². The number of nitrogens with one attached hydrogen (secondary N) is 2. The van der Waals surface area contributed by atoms with Crippen LogP contribution >= 0.6 is 11.6 Å². The summed E-state index contributed by atoms with van der Waals surface area (Å²) in [5.74, 6) is -0.292. The molecule has 0 bridgehead atoms. The molecule has 0 spiro atoms. The number of halogens is 1. The van der Waals surface area contributed by atoms with Gasteiger partial charge in [-0.1, -0.05) is 30.9 Å². The summed E-state index contributed by atoms with van der Waals surface area (Å²) in [5, 5.41) is 4.00. The van der Waals surface area contributed by atoms with E-state index in [1.807, 2.05) is 0 Å². The topological polar surface area (TPSA) is 62.0 Å². The molecule has 2 N–H and O–H groups in total. The van der Waals surface area contributed by atoms with Gasteiger partial charge in [0.15, 0.2) is 0 Å².